The number of phenols is 1. The number of phenolic OH excluding ortho intramolecular Hbond substituents is 1. The molecule has 1 aromatic heterocycles. The molecule has 5 aromatic rings. The Labute approximate surface area is 299 Å². The summed E-state index contributed by atoms with van der Waals surface area (Å²) in [5.41, 5.74) is 8.00. The zero-order valence-corrected chi connectivity index (χ0v) is 28.9. The first-order valence-corrected chi connectivity index (χ1v) is 18.2. The van der Waals surface area contributed by atoms with Gasteiger partial charge in [-0.2, -0.15) is 0 Å². The third kappa shape index (κ3) is 6.69. The molecule has 2 amide bonds. The molecule has 4 heterocycles. The highest BCUT2D eigenvalue weighted by atomic mass is 16.5. The molecule has 0 bridgehead atoms. The van der Waals surface area contributed by atoms with Crippen molar-refractivity contribution in [1.82, 2.24) is 14.4 Å². The van der Waals surface area contributed by atoms with Crippen LogP contribution in [0.3, 0.4) is 0 Å². The van der Waals surface area contributed by atoms with Gasteiger partial charge in [-0.25, -0.2) is 0 Å². The molecule has 0 unspecified atom stereocenters. The standard InChI is InChI=1S/C43H44N4O4/c48-36-19-17-34(18-20-36)47(33-12-2-1-3-13-33)43(50)39-29-41(45-22-9-8-16-40(39)45)37-14-6-7-15-38(37)42(49)46-30-32-11-5-4-10-31(32)28-35(46)21-23-44-24-26-51-27-25-44/h1-7,10-15,17-20,29,35,48H,8-9,16,21-28,30H2/t35-/m1/s1. The number of rotatable bonds is 8. The van der Waals surface area contributed by atoms with Crippen molar-refractivity contribution in [1.29, 1.82) is 0 Å². The number of morpholine rings is 1. The fraction of sp³-hybridized carbons (Fsp3) is 0.302. The van der Waals surface area contributed by atoms with Crippen molar-refractivity contribution in [3.05, 3.63) is 137 Å². The lowest BCUT2D eigenvalue weighted by Crippen LogP contribution is -2.47. The molecule has 3 aliphatic rings. The summed E-state index contributed by atoms with van der Waals surface area (Å²) in [5.74, 6) is 0.0364. The third-order valence-electron chi connectivity index (χ3n) is 10.7. The van der Waals surface area contributed by atoms with E-state index in [0.717, 1.165) is 94.1 Å². The van der Waals surface area contributed by atoms with Crippen LogP contribution in [0.25, 0.3) is 11.3 Å². The average Bonchev–Trinajstić information content (AvgIpc) is 3.58. The molecular weight excluding hydrogens is 636 g/mol. The van der Waals surface area contributed by atoms with Crippen LogP contribution in [-0.2, 0) is 30.7 Å². The van der Waals surface area contributed by atoms with Gasteiger partial charge in [-0.1, -0.05) is 60.7 Å². The Morgan fingerprint density at radius 1 is 0.765 bits per heavy atom. The van der Waals surface area contributed by atoms with Crippen LogP contribution in [0.2, 0.25) is 0 Å². The lowest BCUT2D eigenvalue weighted by molar-refractivity contribution is 0.0308. The molecule has 3 aliphatic heterocycles. The molecule has 8 nitrogen and oxygen atoms in total. The SMILES string of the molecule is O=C(c1cc(-c2ccccc2C(=O)N2Cc3ccccc3C[C@H]2CCN2CCOCC2)n2c1CCCC2)N(c1ccccc1)c1ccc(O)cc1. The van der Waals surface area contributed by atoms with E-state index in [0.29, 0.717) is 23.4 Å². The van der Waals surface area contributed by atoms with Crippen LogP contribution in [0.15, 0.2) is 109 Å². The Bertz CT molecular complexity index is 2020. The van der Waals surface area contributed by atoms with E-state index in [1.165, 1.54) is 11.1 Å². The van der Waals surface area contributed by atoms with Crippen LogP contribution in [0.5, 0.6) is 5.75 Å². The van der Waals surface area contributed by atoms with Crippen molar-refractivity contribution < 1.29 is 19.4 Å². The van der Waals surface area contributed by atoms with Crippen LogP contribution >= 0.6 is 0 Å². The first kappa shape index (κ1) is 33.0. The van der Waals surface area contributed by atoms with Gasteiger partial charge in [0.05, 0.1) is 18.8 Å². The highest BCUT2D eigenvalue weighted by Crippen LogP contribution is 2.37. The molecule has 0 aliphatic carbocycles. The smallest absolute Gasteiger partial charge is 0.264 e. The highest BCUT2D eigenvalue weighted by molar-refractivity contribution is 6.12. The van der Waals surface area contributed by atoms with E-state index in [9.17, 15) is 14.7 Å². The van der Waals surface area contributed by atoms with Gasteiger partial charge in [-0.3, -0.25) is 19.4 Å². The first-order chi connectivity index (χ1) is 25.0. The molecule has 0 saturated carbocycles. The topological polar surface area (TPSA) is 78.3 Å². The van der Waals surface area contributed by atoms with Gasteiger partial charge in [0, 0.05) is 72.7 Å². The average molecular weight is 681 g/mol. The molecule has 51 heavy (non-hydrogen) atoms. The number of amides is 2. The first-order valence-electron chi connectivity index (χ1n) is 18.2. The fourth-order valence-corrected chi connectivity index (χ4v) is 8.05. The summed E-state index contributed by atoms with van der Waals surface area (Å²) in [6, 6.07) is 34.9. The van der Waals surface area contributed by atoms with E-state index >= 15 is 0 Å². The van der Waals surface area contributed by atoms with Crippen LogP contribution in [0.1, 0.15) is 56.8 Å². The van der Waals surface area contributed by atoms with E-state index in [1.54, 1.807) is 29.2 Å². The third-order valence-corrected chi connectivity index (χ3v) is 10.7. The van der Waals surface area contributed by atoms with Crippen molar-refractivity contribution in [3.63, 3.8) is 0 Å². The Morgan fingerprint density at radius 2 is 1.47 bits per heavy atom. The molecule has 260 valence electrons. The number of hydrogen-bond donors (Lipinski definition) is 1. The van der Waals surface area contributed by atoms with Crippen molar-refractivity contribution >= 4 is 23.2 Å². The van der Waals surface area contributed by atoms with E-state index in [4.69, 9.17) is 4.74 Å². The van der Waals surface area contributed by atoms with E-state index in [2.05, 4.69) is 38.6 Å². The summed E-state index contributed by atoms with van der Waals surface area (Å²) >= 11 is 0. The second kappa shape index (κ2) is 14.6. The molecule has 0 spiro atoms. The van der Waals surface area contributed by atoms with Gasteiger partial charge >= 0.3 is 0 Å². The monoisotopic (exact) mass is 680 g/mol. The van der Waals surface area contributed by atoms with Crippen LogP contribution in [0, 0.1) is 0 Å². The predicted octanol–water partition coefficient (Wildman–Crippen LogP) is 7.46. The molecule has 8 rings (SSSR count). The van der Waals surface area contributed by atoms with Crippen LogP contribution < -0.4 is 4.90 Å². The van der Waals surface area contributed by atoms with Gasteiger partial charge < -0.3 is 19.3 Å². The zero-order valence-electron chi connectivity index (χ0n) is 28.9. The van der Waals surface area contributed by atoms with E-state index in [1.807, 2.05) is 60.7 Å². The van der Waals surface area contributed by atoms with Crippen molar-refractivity contribution in [2.45, 2.75) is 51.2 Å². The Hall–Kier alpha value is -5.18. The molecule has 4 aromatic carbocycles. The number of ether oxygens (including phenoxy) is 1. The number of benzene rings is 4. The summed E-state index contributed by atoms with van der Waals surface area (Å²) < 4.78 is 7.86. The number of carbonyl (C=O) groups is 2. The van der Waals surface area contributed by atoms with Crippen molar-refractivity contribution in [2.75, 3.05) is 37.7 Å². The Kier molecular flexibility index (Phi) is 9.43. The molecule has 1 N–H and O–H groups in total. The number of fused-ring (bicyclic) bond motifs is 2. The largest absolute Gasteiger partial charge is 0.508 e. The maximum Gasteiger partial charge on any atom is 0.264 e. The zero-order chi connectivity index (χ0) is 34.7. The number of hydrogen-bond acceptors (Lipinski definition) is 5. The summed E-state index contributed by atoms with van der Waals surface area (Å²) in [5, 5.41) is 10.0. The number of nitrogens with zero attached hydrogens (tertiary/aromatic N) is 4. The lowest BCUT2D eigenvalue weighted by Gasteiger charge is -2.39. The van der Waals surface area contributed by atoms with Crippen LogP contribution in [-0.4, -0.2) is 70.2 Å². The second-order valence-corrected chi connectivity index (χ2v) is 13.8. The summed E-state index contributed by atoms with van der Waals surface area (Å²) in [6.07, 6.45) is 4.51. The minimum Gasteiger partial charge on any atom is -0.508 e. The van der Waals surface area contributed by atoms with Gasteiger partial charge in [-0.05, 0) is 91.8 Å². The Balaban J connectivity index is 1.17. The predicted molar refractivity (Wildman–Crippen MR) is 200 cm³/mol. The quantitative estimate of drug-likeness (QED) is 0.184. The maximum absolute atomic E-state index is 14.9. The number of aromatic hydroxyl groups is 1. The summed E-state index contributed by atoms with van der Waals surface area (Å²) in [6.45, 7) is 5.65. The number of carbonyl (C=O) groups excluding carboxylic acids is 2. The number of para-hydroxylation sites is 1. The molecule has 8 heteroatoms. The summed E-state index contributed by atoms with van der Waals surface area (Å²) in [7, 11) is 0. The van der Waals surface area contributed by atoms with Crippen molar-refractivity contribution in [3.8, 4) is 17.0 Å². The van der Waals surface area contributed by atoms with Crippen molar-refractivity contribution in [2.24, 2.45) is 0 Å². The van der Waals surface area contributed by atoms with Gasteiger partial charge in [0.1, 0.15) is 5.75 Å². The molecule has 1 atom stereocenters. The fourth-order valence-electron chi connectivity index (χ4n) is 8.05. The van der Waals surface area contributed by atoms with Gasteiger partial charge in [0.25, 0.3) is 11.8 Å². The Morgan fingerprint density at radius 3 is 2.27 bits per heavy atom. The highest BCUT2D eigenvalue weighted by Gasteiger charge is 2.34. The minimum atomic E-state index is -0.136. The molecule has 0 radical (unpaired) electrons. The minimum absolute atomic E-state index is 0.0290. The lowest BCUT2D eigenvalue weighted by atomic mass is 9.91. The number of anilines is 2. The van der Waals surface area contributed by atoms with Gasteiger partial charge in [0.15, 0.2) is 0 Å². The molecule has 1 fully saturated rings. The van der Waals surface area contributed by atoms with Gasteiger partial charge in [0.2, 0.25) is 0 Å². The normalized spacial score (nSPS) is 17.4. The van der Waals surface area contributed by atoms with E-state index < -0.39 is 0 Å². The van der Waals surface area contributed by atoms with Gasteiger partial charge in [-0.15, -0.1) is 0 Å². The molecule has 1 saturated heterocycles. The summed E-state index contributed by atoms with van der Waals surface area (Å²) in [4.78, 5) is 35.9. The molecular formula is C43H44N4O4. The number of aromatic nitrogens is 1. The van der Waals surface area contributed by atoms with Crippen LogP contribution in [0.4, 0.5) is 11.4 Å². The second-order valence-electron chi connectivity index (χ2n) is 13.8. The van der Waals surface area contributed by atoms with E-state index in [-0.39, 0.29) is 23.6 Å². The maximum atomic E-state index is 14.9.